The largest absolute Gasteiger partial charge is 0.573 e. The van der Waals surface area contributed by atoms with Crippen molar-refractivity contribution in [3.05, 3.63) is 42.4 Å². The quantitative estimate of drug-likeness (QED) is 0.753. The Bertz CT molecular complexity index is 965. The number of carbonyl (C=O) groups is 3. The molecule has 0 spiro atoms. The number of benzene rings is 1. The van der Waals surface area contributed by atoms with Crippen molar-refractivity contribution in [3.8, 4) is 17.0 Å². The van der Waals surface area contributed by atoms with Crippen molar-refractivity contribution in [1.82, 2.24) is 20.2 Å². The summed E-state index contributed by atoms with van der Waals surface area (Å²) in [5.74, 6) is -1.35. The molecule has 0 aliphatic carbocycles. The molecule has 1 aliphatic rings. The maximum absolute atomic E-state index is 12.3. The zero-order valence-corrected chi connectivity index (χ0v) is 15.2. The first-order valence-electron chi connectivity index (χ1n) is 8.58. The van der Waals surface area contributed by atoms with Gasteiger partial charge in [0.1, 0.15) is 18.1 Å². The lowest BCUT2D eigenvalue weighted by Gasteiger charge is -2.19. The molecule has 2 heterocycles. The number of halogens is 3. The maximum Gasteiger partial charge on any atom is 0.573 e. The number of rotatable bonds is 5. The molecule has 2 amide bonds. The first-order valence-corrected chi connectivity index (χ1v) is 8.58. The second kappa shape index (κ2) is 8.35. The summed E-state index contributed by atoms with van der Waals surface area (Å²) >= 11 is 0. The van der Waals surface area contributed by atoms with Crippen molar-refractivity contribution >= 4 is 17.8 Å². The van der Waals surface area contributed by atoms with Crippen LogP contribution in [0.1, 0.15) is 12.1 Å². The maximum atomic E-state index is 12.3. The summed E-state index contributed by atoms with van der Waals surface area (Å²) in [6, 6.07) is 5.49. The van der Waals surface area contributed by atoms with Gasteiger partial charge in [-0.15, -0.1) is 13.2 Å². The number of alkyl halides is 3. The molecule has 12 heteroatoms. The number of carboxylic acid groups (broad SMARTS) is 1. The van der Waals surface area contributed by atoms with Crippen LogP contribution in [0, 0.1) is 0 Å². The van der Waals surface area contributed by atoms with Crippen LogP contribution in [0.2, 0.25) is 0 Å². The lowest BCUT2D eigenvalue weighted by Crippen LogP contribution is -2.45. The SMILES string of the molecule is O=C1C[C@@H](C(=O)NCc2cc(-c3ccc(OC(F)(F)F)cc3)ncn2)N(C(=O)O)C1. The first kappa shape index (κ1) is 21.0. The lowest BCUT2D eigenvalue weighted by atomic mass is 10.1. The smallest absolute Gasteiger partial charge is 0.465 e. The summed E-state index contributed by atoms with van der Waals surface area (Å²) < 4.78 is 40.5. The number of carbonyl (C=O) groups excluding carboxylic acids is 2. The van der Waals surface area contributed by atoms with E-state index in [0.717, 1.165) is 17.0 Å². The predicted molar refractivity (Wildman–Crippen MR) is 94.1 cm³/mol. The summed E-state index contributed by atoms with van der Waals surface area (Å²) in [7, 11) is 0. The van der Waals surface area contributed by atoms with Gasteiger partial charge in [-0.3, -0.25) is 14.5 Å². The Hall–Kier alpha value is -3.70. The van der Waals surface area contributed by atoms with Crippen molar-refractivity contribution in [3.63, 3.8) is 0 Å². The fourth-order valence-corrected chi connectivity index (χ4v) is 2.90. The Morgan fingerprint density at radius 2 is 1.93 bits per heavy atom. The highest BCUT2D eigenvalue weighted by molar-refractivity contribution is 5.97. The molecule has 1 saturated heterocycles. The first-order chi connectivity index (χ1) is 14.1. The lowest BCUT2D eigenvalue weighted by molar-refractivity contribution is -0.274. The number of nitrogens with one attached hydrogen (secondary N) is 1. The van der Waals surface area contributed by atoms with Crippen molar-refractivity contribution in [1.29, 1.82) is 0 Å². The van der Waals surface area contributed by atoms with Crippen LogP contribution >= 0.6 is 0 Å². The second-order valence-corrected chi connectivity index (χ2v) is 6.35. The molecule has 2 N–H and O–H groups in total. The van der Waals surface area contributed by atoms with Crippen molar-refractivity contribution < 1.29 is 37.4 Å². The van der Waals surface area contributed by atoms with Crippen LogP contribution in [0.4, 0.5) is 18.0 Å². The third-order valence-corrected chi connectivity index (χ3v) is 4.24. The van der Waals surface area contributed by atoms with Crippen molar-refractivity contribution in [2.45, 2.75) is 25.4 Å². The van der Waals surface area contributed by atoms with Crippen LogP contribution in [0.25, 0.3) is 11.3 Å². The number of hydrogen-bond donors (Lipinski definition) is 2. The molecule has 158 valence electrons. The molecule has 2 aromatic rings. The molecule has 30 heavy (non-hydrogen) atoms. The topological polar surface area (TPSA) is 122 Å². The minimum absolute atomic E-state index is 0.0538. The average molecular weight is 424 g/mol. The van der Waals surface area contributed by atoms with Gasteiger partial charge in [-0.05, 0) is 30.3 Å². The van der Waals surface area contributed by atoms with Gasteiger partial charge in [-0.25, -0.2) is 14.8 Å². The summed E-state index contributed by atoms with van der Waals surface area (Å²) in [5.41, 5.74) is 1.28. The van der Waals surface area contributed by atoms with E-state index in [2.05, 4.69) is 20.0 Å². The molecule has 0 unspecified atom stereocenters. The highest BCUT2D eigenvalue weighted by Gasteiger charge is 2.38. The van der Waals surface area contributed by atoms with E-state index in [4.69, 9.17) is 5.11 Å². The van der Waals surface area contributed by atoms with Gasteiger partial charge in [-0.1, -0.05) is 0 Å². The number of aromatic nitrogens is 2. The van der Waals surface area contributed by atoms with E-state index in [1.807, 2.05) is 0 Å². The molecule has 0 radical (unpaired) electrons. The molecule has 0 bridgehead atoms. The number of ketones is 1. The molecule has 1 aromatic heterocycles. The van der Waals surface area contributed by atoms with Crippen LogP contribution in [0.3, 0.4) is 0 Å². The van der Waals surface area contributed by atoms with Gasteiger partial charge in [0.05, 0.1) is 24.5 Å². The van der Waals surface area contributed by atoms with Crippen LogP contribution in [-0.4, -0.2) is 56.7 Å². The molecular formula is C18H15F3N4O5. The number of likely N-dealkylation sites (tertiary alicyclic amines) is 1. The zero-order chi connectivity index (χ0) is 21.9. The minimum Gasteiger partial charge on any atom is -0.465 e. The Balaban J connectivity index is 1.65. The van der Waals surface area contributed by atoms with Gasteiger partial charge in [0.15, 0.2) is 5.78 Å². The highest BCUT2D eigenvalue weighted by Crippen LogP contribution is 2.25. The Morgan fingerprint density at radius 3 is 2.57 bits per heavy atom. The monoisotopic (exact) mass is 424 g/mol. The van der Waals surface area contributed by atoms with Crippen LogP contribution < -0.4 is 10.1 Å². The fourth-order valence-electron chi connectivity index (χ4n) is 2.90. The van der Waals surface area contributed by atoms with E-state index < -0.39 is 24.4 Å². The molecule has 1 atom stereocenters. The van der Waals surface area contributed by atoms with Crippen LogP contribution in [0.15, 0.2) is 36.7 Å². The average Bonchev–Trinajstić information content (AvgIpc) is 3.08. The summed E-state index contributed by atoms with van der Waals surface area (Å²) in [4.78, 5) is 43.7. The number of nitrogens with zero attached hydrogens (tertiary/aromatic N) is 3. The minimum atomic E-state index is -4.79. The van der Waals surface area contributed by atoms with Gasteiger partial charge in [0.25, 0.3) is 0 Å². The third-order valence-electron chi connectivity index (χ3n) is 4.24. The third kappa shape index (κ3) is 5.21. The summed E-state index contributed by atoms with van der Waals surface area (Å²) in [5, 5.41) is 11.6. The highest BCUT2D eigenvalue weighted by atomic mass is 19.4. The number of Topliss-reactive ketones (excluding diaryl/α,β-unsaturated/α-hetero) is 1. The van der Waals surface area contributed by atoms with E-state index >= 15 is 0 Å². The number of hydrogen-bond acceptors (Lipinski definition) is 6. The van der Waals surface area contributed by atoms with E-state index in [1.54, 1.807) is 0 Å². The van der Waals surface area contributed by atoms with Gasteiger partial charge >= 0.3 is 12.5 Å². The fraction of sp³-hybridized carbons (Fsp3) is 0.278. The van der Waals surface area contributed by atoms with E-state index in [0.29, 0.717) is 17.0 Å². The summed E-state index contributed by atoms with van der Waals surface area (Å²) in [6.07, 6.45) is -5.12. The van der Waals surface area contributed by atoms with Crippen molar-refractivity contribution in [2.75, 3.05) is 6.54 Å². The second-order valence-electron chi connectivity index (χ2n) is 6.35. The van der Waals surface area contributed by atoms with Crippen LogP contribution in [-0.2, 0) is 16.1 Å². The van der Waals surface area contributed by atoms with Gasteiger partial charge in [0, 0.05) is 12.0 Å². The Morgan fingerprint density at radius 1 is 1.23 bits per heavy atom. The Labute approximate surface area is 167 Å². The molecule has 1 fully saturated rings. The molecule has 1 aliphatic heterocycles. The van der Waals surface area contributed by atoms with Gasteiger partial charge in [-0.2, -0.15) is 0 Å². The number of ether oxygens (including phenoxy) is 1. The van der Waals surface area contributed by atoms with Crippen molar-refractivity contribution in [2.24, 2.45) is 0 Å². The molecular weight excluding hydrogens is 409 g/mol. The van der Waals surface area contributed by atoms with Gasteiger partial charge in [0.2, 0.25) is 5.91 Å². The van der Waals surface area contributed by atoms with Crippen LogP contribution in [0.5, 0.6) is 5.75 Å². The van der Waals surface area contributed by atoms with E-state index in [9.17, 15) is 27.6 Å². The molecule has 3 rings (SSSR count). The molecule has 0 saturated carbocycles. The Kier molecular flexibility index (Phi) is 5.85. The van der Waals surface area contributed by atoms with E-state index in [1.165, 1.54) is 24.5 Å². The summed E-state index contributed by atoms with van der Waals surface area (Å²) in [6.45, 7) is -0.388. The predicted octanol–water partition coefficient (Wildman–Crippen LogP) is 1.98. The molecule has 9 nitrogen and oxygen atoms in total. The number of amides is 2. The molecule has 1 aromatic carbocycles. The van der Waals surface area contributed by atoms with Gasteiger partial charge < -0.3 is 15.2 Å². The zero-order valence-electron chi connectivity index (χ0n) is 15.2. The van der Waals surface area contributed by atoms with E-state index in [-0.39, 0.29) is 31.0 Å². The standard InChI is InChI=1S/C18H15F3N4O5/c19-18(20,21)30-13-3-1-10(2-4-13)14-5-11(23-9-24-14)7-22-16(27)15-6-12(26)8-25(15)17(28)29/h1-5,9,15H,6-8H2,(H,22,27)(H,28,29)/t15-/m0/s1. The normalized spacial score (nSPS) is 16.4.